The number of anilines is 1. The Balaban J connectivity index is 2.23. The van der Waals surface area contributed by atoms with Crippen molar-refractivity contribution < 1.29 is 4.74 Å². The maximum Gasteiger partial charge on any atom is 0.165 e. The Morgan fingerprint density at radius 1 is 1.00 bits per heavy atom. The number of benzene rings is 2. The van der Waals surface area contributed by atoms with Crippen LogP contribution in [0.1, 0.15) is 6.92 Å². The molecule has 0 aliphatic heterocycles. The topological polar surface area (TPSA) is 47.0 Å². The lowest BCUT2D eigenvalue weighted by atomic mass is 10.1. The van der Waals surface area contributed by atoms with E-state index in [9.17, 15) is 0 Å². The Bertz CT molecular complexity index is 771. The van der Waals surface area contributed by atoms with E-state index in [1.165, 1.54) is 0 Å². The van der Waals surface area contributed by atoms with Gasteiger partial charge in [0.05, 0.1) is 18.2 Å². The van der Waals surface area contributed by atoms with Crippen LogP contribution in [0, 0.1) is 0 Å². The van der Waals surface area contributed by atoms with Crippen molar-refractivity contribution in [1.82, 2.24) is 9.97 Å². The molecule has 0 unspecified atom stereocenters. The molecule has 1 heterocycles. The SMILES string of the molecule is CCNc1nc(-c2ccccc2OC)nc2ccccc12. The number of nitrogens with zero attached hydrogens (tertiary/aromatic N) is 2. The Morgan fingerprint density at radius 3 is 2.57 bits per heavy atom. The third-order valence-electron chi connectivity index (χ3n) is 3.30. The molecular weight excluding hydrogens is 262 g/mol. The molecule has 0 saturated heterocycles. The molecule has 21 heavy (non-hydrogen) atoms. The number of aromatic nitrogens is 2. The van der Waals surface area contributed by atoms with E-state index in [0.29, 0.717) is 5.82 Å². The number of para-hydroxylation sites is 2. The predicted molar refractivity (Wildman–Crippen MR) is 85.7 cm³/mol. The molecule has 0 radical (unpaired) electrons. The summed E-state index contributed by atoms with van der Waals surface area (Å²) in [5, 5.41) is 4.33. The molecular formula is C17H17N3O. The average Bonchev–Trinajstić information content (AvgIpc) is 2.55. The van der Waals surface area contributed by atoms with Gasteiger partial charge in [0.25, 0.3) is 0 Å². The van der Waals surface area contributed by atoms with Gasteiger partial charge in [-0.2, -0.15) is 0 Å². The van der Waals surface area contributed by atoms with Gasteiger partial charge in [0.15, 0.2) is 5.82 Å². The number of methoxy groups -OCH3 is 1. The highest BCUT2D eigenvalue weighted by Crippen LogP contribution is 2.30. The Hall–Kier alpha value is -2.62. The molecule has 2 aromatic carbocycles. The molecule has 3 rings (SSSR count). The second-order valence-electron chi connectivity index (χ2n) is 4.64. The highest BCUT2D eigenvalue weighted by Gasteiger charge is 2.12. The molecule has 4 heteroatoms. The number of nitrogens with one attached hydrogen (secondary N) is 1. The van der Waals surface area contributed by atoms with Crippen LogP contribution in [-0.4, -0.2) is 23.6 Å². The minimum atomic E-state index is 0.669. The monoisotopic (exact) mass is 279 g/mol. The molecule has 1 aromatic heterocycles. The Labute approximate surface area is 123 Å². The molecule has 4 nitrogen and oxygen atoms in total. The van der Waals surface area contributed by atoms with Crippen LogP contribution >= 0.6 is 0 Å². The van der Waals surface area contributed by atoms with Crippen molar-refractivity contribution in [3.05, 3.63) is 48.5 Å². The summed E-state index contributed by atoms with van der Waals surface area (Å²) in [6.07, 6.45) is 0. The van der Waals surface area contributed by atoms with Crippen LogP contribution < -0.4 is 10.1 Å². The van der Waals surface area contributed by atoms with Gasteiger partial charge in [-0.05, 0) is 31.2 Å². The zero-order chi connectivity index (χ0) is 14.7. The van der Waals surface area contributed by atoms with Gasteiger partial charge in [0, 0.05) is 11.9 Å². The summed E-state index contributed by atoms with van der Waals surface area (Å²) in [4.78, 5) is 9.33. The fourth-order valence-electron chi connectivity index (χ4n) is 2.33. The maximum absolute atomic E-state index is 5.41. The van der Waals surface area contributed by atoms with Crippen molar-refractivity contribution in [2.45, 2.75) is 6.92 Å². The van der Waals surface area contributed by atoms with Crippen molar-refractivity contribution in [2.75, 3.05) is 19.0 Å². The lowest BCUT2D eigenvalue weighted by Gasteiger charge is -2.11. The predicted octanol–water partition coefficient (Wildman–Crippen LogP) is 3.74. The number of hydrogen-bond acceptors (Lipinski definition) is 4. The quantitative estimate of drug-likeness (QED) is 0.790. The first-order valence-electron chi connectivity index (χ1n) is 6.97. The van der Waals surface area contributed by atoms with Crippen LogP contribution in [0.15, 0.2) is 48.5 Å². The molecule has 0 bridgehead atoms. The fraction of sp³-hybridized carbons (Fsp3) is 0.176. The average molecular weight is 279 g/mol. The van der Waals surface area contributed by atoms with Crippen molar-refractivity contribution in [1.29, 1.82) is 0 Å². The molecule has 0 atom stereocenters. The van der Waals surface area contributed by atoms with E-state index in [-0.39, 0.29) is 0 Å². The largest absolute Gasteiger partial charge is 0.496 e. The molecule has 0 aliphatic carbocycles. The first-order valence-corrected chi connectivity index (χ1v) is 6.97. The van der Waals surface area contributed by atoms with Crippen LogP contribution in [-0.2, 0) is 0 Å². The summed E-state index contributed by atoms with van der Waals surface area (Å²) in [6.45, 7) is 2.87. The minimum Gasteiger partial charge on any atom is -0.496 e. The molecule has 106 valence electrons. The Kier molecular flexibility index (Phi) is 3.69. The highest BCUT2D eigenvalue weighted by molar-refractivity contribution is 5.90. The maximum atomic E-state index is 5.41. The van der Waals surface area contributed by atoms with Crippen molar-refractivity contribution in [3.63, 3.8) is 0 Å². The van der Waals surface area contributed by atoms with E-state index in [2.05, 4.69) is 22.2 Å². The highest BCUT2D eigenvalue weighted by atomic mass is 16.5. The summed E-state index contributed by atoms with van der Waals surface area (Å²) in [6, 6.07) is 15.8. The third-order valence-corrected chi connectivity index (χ3v) is 3.30. The van der Waals surface area contributed by atoms with E-state index in [1.54, 1.807) is 7.11 Å². The van der Waals surface area contributed by atoms with Crippen LogP contribution in [0.5, 0.6) is 5.75 Å². The first-order chi connectivity index (χ1) is 10.3. The van der Waals surface area contributed by atoms with E-state index >= 15 is 0 Å². The second-order valence-corrected chi connectivity index (χ2v) is 4.64. The van der Waals surface area contributed by atoms with Crippen LogP contribution in [0.2, 0.25) is 0 Å². The summed E-state index contributed by atoms with van der Waals surface area (Å²) in [5.41, 5.74) is 1.81. The number of rotatable bonds is 4. The standard InChI is InChI=1S/C17H17N3O/c1-3-18-16-12-8-4-6-10-14(12)19-17(20-16)13-9-5-7-11-15(13)21-2/h4-11H,3H2,1-2H3,(H,18,19,20). The van der Waals surface area contributed by atoms with Crippen LogP contribution in [0.4, 0.5) is 5.82 Å². The van der Waals surface area contributed by atoms with Crippen LogP contribution in [0.25, 0.3) is 22.3 Å². The van der Waals surface area contributed by atoms with Crippen molar-refractivity contribution in [2.24, 2.45) is 0 Å². The summed E-state index contributed by atoms with van der Waals surface area (Å²) in [7, 11) is 1.66. The lowest BCUT2D eigenvalue weighted by molar-refractivity contribution is 0.416. The number of fused-ring (bicyclic) bond motifs is 1. The molecule has 0 amide bonds. The van der Waals surface area contributed by atoms with Crippen molar-refractivity contribution >= 4 is 16.7 Å². The van der Waals surface area contributed by atoms with Gasteiger partial charge in [-0.25, -0.2) is 9.97 Å². The smallest absolute Gasteiger partial charge is 0.165 e. The van der Waals surface area contributed by atoms with Gasteiger partial charge in [-0.15, -0.1) is 0 Å². The van der Waals surface area contributed by atoms with E-state index < -0.39 is 0 Å². The molecule has 0 fully saturated rings. The van der Waals surface area contributed by atoms with E-state index in [0.717, 1.165) is 34.6 Å². The fourth-order valence-corrected chi connectivity index (χ4v) is 2.33. The zero-order valence-corrected chi connectivity index (χ0v) is 12.1. The van der Waals surface area contributed by atoms with E-state index in [4.69, 9.17) is 4.74 Å². The second kappa shape index (κ2) is 5.79. The minimum absolute atomic E-state index is 0.669. The molecule has 3 aromatic rings. The summed E-state index contributed by atoms with van der Waals surface area (Å²) in [5.74, 6) is 2.29. The third kappa shape index (κ3) is 2.52. The van der Waals surface area contributed by atoms with Gasteiger partial charge in [-0.3, -0.25) is 0 Å². The molecule has 0 aliphatic rings. The van der Waals surface area contributed by atoms with Crippen molar-refractivity contribution in [3.8, 4) is 17.1 Å². The van der Waals surface area contributed by atoms with Crippen LogP contribution in [0.3, 0.4) is 0 Å². The molecule has 0 saturated carbocycles. The normalized spacial score (nSPS) is 10.6. The first kappa shape index (κ1) is 13.4. The molecule has 0 spiro atoms. The number of hydrogen-bond donors (Lipinski definition) is 1. The van der Waals surface area contributed by atoms with Gasteiger partial charge in [0.2, 0.25) is 0 Å². The van der Waals surface area contributed by atoms with Gasteiger partial charge >= 0.3 is 0 Å². The lowest BCUT2D eigenvalue weighted by Crippen LogP contribution is -2.03. The van der Waals surface area contributed by atoms with Gasteiger partial charge < -0.3 is 10.1 Å². The zero-order valence-electron chi connectivity index (χ0n) is 12.1. The molecule has 1 N–H and O–H groups in total. The summed E-state index contributed by atoms with van der Waals surface area (Å²) >= 11 is 0. The van der Waals surface area contributed by atoms with Gasteiger partial charge in [0.1, 0.15) is 11.6 Å². The Morgan fingerprint density at radius 2 is 1.76 bits per heavy atom. The number of ether oxygens (including phenoxy) is 1. The summed E-state index contributed by atoms with van der Waals surface area (Å²) < 4.78 is 5.41. The van der Waals surface area contributed by atoms with E-state index in [1.807, 2.05) is 48.5 Å². The van der Waals surface area contributed by atoms with Gasteiger partial charge in [-0.1, -0.05) is 24.3 Å².